The van der Waals surface area contributed by atoms with Crippen LogP contribution in [-0.4, -0.2) is 19.8 Å². The second-order valence-corrected chi connectivity index (χ2v) is 4.36. The zero-order valence-electron chi connectivity index (χ0n) is 9.28. The predicted octanol–water partition coefficient (Wildman–Crippen LogP) is 1.94. The van der Waals surface area contributed by atoms with Gasteiger partial charge in [0.05, 0.1) is 13.2 Å². The fourth-order valence-corrected chi connectivity index (χ4v) is 2.51. The average molecular weight is 205 g/mol. The summed E-state index contributed by atoms with van der Waals surface area (Å²) in [6.45, 7) is 4.61. The van der Waals surface area contributed by atoms with E-state index in [0.717, 1.165) is 26.2 Å². The van der Waals surface area contributed by atoms with Gasteiger partial charge in [-0.1, -0.05) is 43.7 Å². The molecular weight excluding hydrogens is 186 g/mol. The van der Waals surface area contributed by atoms with E-state index in [9.17, 15) is 0 Å². The van der Waals surface area contributed by atoms with Gasteiger partial charge in [-0.15, -0.1) is 0 Å². The summed E-state index contributed by atoms with van der Waals surface area (Å²) in [6.07, 6.45) is 1.12. The van der Waals surface area contributed by atoms with E-state index >= 15 is 0 Å². The number of ether oxygens (including phenoxy) is 1. The Morgan fingerprint density at radius 3 is 2.40 bits per heavy atom. The van der Waals surface area contributed by atoms with Crippen LogP contribution in [0.3, 0.4) is 0 Å². The fourth-order valence-electron chi connectivity index (χ4n) is 2.51. The zero-order valence-corrected chi connectivity index (χ0v) is 9.28. The molecule has 1 aromatic carbocycles. The summed E-state index contributed by atoms with van der Waals surface area (Å²) in [5.74, 6) is 0.536. The van der Waals surface area contributed by atoms with E-state index in [1.165, 1.54) is 5.56 Å². The molecule has 0 bridgehead atoms. The largest absolute Gasteiger partial charge is 0.379 e. The maximum atomic E-state index is 5.86. The summed E-state index contributed by atoms with van der Waals surface area (Å²) in [5, 5.41) is 0. The summed E-state index contributed by atoms with van der Waals surface area (Å²) in [5.41, 5.74) is 7.43. The van der Waals surface area contributed by atoms with Gasteiger partial charge in [0.1, 0.15) is 0 Å². The van der Waals surface area contributed by atoms with E-state index in [4.69, 9.17) is 10.5 Å². The molecule has 2 nitrogen and oxygen atoms in total. The Bertz CT molecular complexity index is 302. The molecule has 0 saturated carbocycles. The molecule has 1 unspecified atom stereocenters. The van der Waals surface area contributed by atoms with Crippen molar-refractivity contribution in [3.63, 3.8) is 0 Å². The Labute approximate surface area is 91.4 Å². The molecule has 0 radical (unpaired) electrons. The Morgan fingerprint density at radius 1 is 1.33 bits per heavy atom. The first-order valence-corrected chi connectivity index (χ1v) is 5.67. The van der Waals surface area contributed by atoms with Crippen LogP contribution in [0.5, 0.6) is 0 Å². The van der Waals surface area contributed by atoms with Crippen LogP contribution < -0.4 is 5.73 Å². The molecule has 0 aromatic heterocycles. The van der Waals surface area contributed by atoms with Gasteiger partial charge in [0.2, 0.25) is 0 Å². The van der Waals surface area contributed by atoms with E-state index in [2.05, 4.69) is 37.3 Å². The van der Waals surface area contributed by atoms with Crippen LogP contribution in [0.4, 0.5) is 0 Å². The first-order chi connectivity index (χ1) is 7.33. The third-order valence-electron chi connectivity index (χ3n) is 3.63. The SMILES string of the molecule is CCC(CN)C1(c2ccccc2)COC1. The monoisotopic (exact) mass is 205 g/mol. The Balaban J connectivity index is 2.29. The Morgan fingerprint density at radius 2 is 2.00 bits per heavy atom. The third kappa shape index (κ3) is 1.68. The third-order valence-corrected chi connectivity index (χ3v) is 3.63. The molecule has 2 heteroatoms. The van der Waals surface area contributed by atoms with Crippen LogP contribution in [0.2, 0.25) is 0 Å². The van der Waals surface area contributed by atoms with Crippen molar-refractivity contribution in [2.45, 2.75) is 18.8 Å². The van der Waals surface area contributed by atoms with Gasteiger partial charge < -0.3 is 10.5 Å². The summed E-state index contributed by atoms with van der Waals surface area (Å²) in [4.78, 5) is 0. The van der Waals surface area contributed by atoms with Crippen molar-refractivity contribution in [1.82, 2.24) is 0 Å². The lowest BCUT2D eigenvalue weighted by molar-refractivity contribution is -0.0897. The first-order valence-electron chi connectivity index (χ1n) is 5.67. The van der Waals surface area contributed by atoms with Crippen molar-refractivity contribution in [2.24, 2.45) is 11.7 Å². The molecule has 1 atom stereocenters. The molecule has 82 valence electrons. The highest BCUT2D eigenvalue weighted by Crippen LogP contribution is 2.40. The minimum Gasteiger partial charge on any atom is -0.379 e. The number of benzene rings is 1. The van der Waals surface area contributed by atoms with Crippen LogP contribution in [0.25, 0.3) is 0 Å². The Hall–Kier alpha value is -0.860. The number of rotatable bonds is 4. The lowest BCUT2D eigenvalue weighted by Crippen LogP contribution is -2.54. The minimum absolute atomic E-state index is 0.185. The molecule has 0 amide bonds. The molecule has 1 aliphatic rings. The van der Waals surface area contributed by atoms with Crippen molar-refractivity contribution in [3.8, 4) is 0 Å². The van der Waals surface area contributed by atoms with Gasteiger partial charge in [-0.05, 0) is 18.0 Å². The first kappa shape index (κ1) is 10.7. The quantitative estimate of drug-likeness (QED) is 0.815. The summed E-state index contributed by atoms with van der Waals surface area (Å²) < 4.78 is 5.42. The molecule has 1 saturated heterocycles. The van der Waals surface area contributed by atoms with E-state index in [0.29, 0.717) is 5.92 Å². The van der Waals surface area contributed by atoms with Crippen LogP contribution in [0, 0.1) is 5.92 Å². The van der Waals surface area contributed by atoms with Gasteiger partial charge in [0, 0.05) is 5.41 Å². The summed E-state index contributed by atoms with van der Waals surface area (Å²) in [7, 11) is 0. The standard InChI is InChI=1S/C13H19NO/c1-2-11(8-14)13(9-15-10-13)12-6-4-3-5-7-12/h3-7,11H,2,8-10,14H2,1H3. The van der Waals surface area contributed by atoms with Crippen LogP contribution >= 0.6 is 0 Å². The number of nitrogens with two attached hydrogens (primary N) is 1. The second-order valence-electron chi connectivity index (χ2n) is 4.36. The van der Waals surface area contributed by atoms with Crippen molar-refractivity contribution in [1.29, 1.82) is 0 Å². The van der Waals surface area contributed by atoms with E-state index in [-0.39, 0.29) is 5.41 Å². The van der Waals surface area contributed by atoms with Gasteiger partial charge in [0.15, 0.2) is 0 Å². The normalized spacial score (nSPS) is 20.7. The highest BCUT2D eigenvalue weighted by Gasteiger charge is 2.45. The smallest absolute Gasteiger partial charge is 0.0588 e. The topological polar surface area (TPSA) is 35.2 Å². The molecule has 15 heavy (non-hydrogen) atoms. The van der Waals surface area contributed by atoms with Crippen molar-refractivity contribution in [3.05, 3.63) is 35.9 Å². The molecule has 0 spiro atoms. The minimum atomic E-state index is 0.185. The maximum Gasteiger partial charge on any atom is 0.0588 e. The van der Waals surface area contributed by atoms with E-state index < -0.39 is 0 Å². The molecule has 1 aromatic rings. The average Bonchev–Trinajstić information content (AvgIpc) is 2.24. The Kier molecular flexibility index (Phi) is 3.08. The number of hydrogen-bond acceptors (Lipinski definition) is 2. The van der Waals surface area contributed by atoms with Crippen molar-refractivity contribution in [2.75, 3.05) is 19.8 Å². The zero-order chi connectivity index (χ0) is 10.7. The van der Waals surface area contributed by atoms with Crippen molar-refractivity contribution >= 4 is 0 Å². The van der Waals surface area contributed by atoms with Crippen LogP contribution in [-0.2, 0) is 10.2 Å². The maximum absolute atomic E-state index is 5.86. The number of hydrogen-bond donors (Lipinski definition) is 1. The predicted molar refractivity (Wildman–Crippen MR) is 61.8 cm³/mol. The van der Waals surface area contributed by atoms with Crippen LogP contribution in [0.1, 0.15) is 18.9 Å². The molecular formula is C13H19NO. The molecule has 1 aliphatic heterocycles. The molecule has 1 heterocycles. The van der Waals surface area contributed by atoms with Crippen LogP contribution in [0.15, 0.2) is 30.3 Å². The second kappa shape index (κ2) is 4.33. The van der Waals surface area contributed by atoms with Gasteiger partial charge in [-0.3, -0.25) is 0 Å². The molecule has 2 rings (SSSR count). The van der Waals surface area contributed by atoms with Gasteiger partial charge in [-0.2, -0.15) is 0 Å². The lowest BCUT2D eigenvalue weighted by atomic mass is 9.67. The van der Waals surface area contributed by atoms with E-state index in [1.807, 2.05) is 0 Å². The van der Waals surface area contributed by atoms with Gasteiger partial charge in [-0.25, -0.2) is 0 Å². The van der Waals surface area contributed by atoms with Gasteiger partial charge in [0.25, 0.3) is 0 Å². The lowest BCUT2D eigenvalue weighted by Gasteiger charge is -2.47. The molecule has 1 fully saturated rings. The van der Waals surface area contributed by atoms with E-state index in [1.54, 1.807) is 0 Å². The summed E-state index contributed by atoms with van der Waals surface area (Å²) in [6, 6.07) is 10.6. The summed E-state index contributed by atoms with van der Waals surface area (Å²) >= 11 is 0. The van der Waals surface area contributed by atoms with Crippen molar-refractivity contribution < 1.29 is 4.74 Å². The highest BCUT2D eigenvalue weighted by molar-refractivity contribution is 5.29. The molecule has 0 aliphatic carbocycles. The molecule has 2 N–H and O–H groups in total. The highest BCUT2D eigenvalue weighted by atomic mass is 16.5. The van der Waals surface area contributed by atoms with Gasteiger partial charge >= 0.3 is 0 Å². The fraction of sp³-hybridized carbons (Fsp3) is 0.538.